The molecule has 1 aromatic heterocycles. The summed E-state index contributed by atoms with van der Waals surface area (Å²) in [5, 5.41) is 0. The maximum Gasteiger partial charge on any atom is 0.433 e. The predicted molar refractivity (Wildman–Crippen MR) is 84.5 cm³/mol. The first kappa shape index (κ1) is 17.0. The van der Waals surface area contributed by atoms with Crippen LogP contribution >= 0.6 is 0 Å². The quantitative estimate of drug-likeness (QED) is 0.844. The van der Waals surface area contributed by atoms with E-state index in [1.165, 1.54) is 6.07 Å². The monoisotopic (exact) mass is 341 g/mol. The summed E-state index contributed by atoms with van der Waals surface area (Å²) in [6.07, 6.45) is -0.688. The van der Waals surface area contributed by atoms with Gasteiger partial charge in [-0.25, -0.2) is 4.98 Å². The summed E-state index contributed by atoms with van der Waals surface area (Å²) >= 11 is 0. The summed E-state index contributed by atoms with van der Waals surface area (Å²) in [6, 6.07) is 4.02. The molecule has 1 aliphatic heterocycles. The molecule has 2 heterocycles. The largest absolute Gasteiger partial charge is 0.433 e. The molecular formula is C17H22F3N3O. The zero-order valence-electron chi connectivity index (χ0n) is 13.7. The van der Waals surface area contributed by atoms with Gasteiger partial charge in [-0.15, -0.1) is 0 Å². The number of piperidine rings is 1. The first-order valence-electron chi connectivity index (χ1n) is 8.39. The van der Waals surface area contributed by atoms with Crippen LogP contribution in [0.3, 0.4) is 0 Å². The number of hydrogen-bond donors (Lipinski definition) is 0. The number of anilines is 1. The SMILES string of the molecule is CN(CC1CCN(c2cccc(C(F)(F)F)n2)CC1)C(=O)C1CC1. The maximum atomic E-state index is 12.8. The van der Waals surface area contributed by atoms with Crippen molar-refractivity contribution in [3.8, 4) is 0 Å². The van der Waals surface area contributed by atoms with E-state index in [0.29, 0.717) is 24.8 Å². The van der Waals surface area contributed by atoms with Crippen molar-refractivity contribution >= 4 is 11.7 Å². The van der Waals surface area contributed by atoms with Crippen LogP contribution < -0.4 is 4.90 Å². The van der Waals surface area contributed by atoms with E-state index in [-0.39, 0.29) is 11.8 Å². The highest BCUT2D eigenvalue weighted by Gasteiger charge is 2.34. The van der Waals surface area contributed by atoms with Crippen molar-refractivity contribution in [2.24, 2.45) is 11.8 Å². The zero-order valence-corrected chi connectivity index (χ0v) is 13.7. The fourth-order valence-electron chi connectivity index (χ4n) is 3.22. The van der Waals surface area contributed by atoms with Crippen molar-refractivity contribution in [2.45, 2.75) is 31.9 Å². The van der Waals surface area contributed by atoms with Crippen molar-refractivity contribution in [1.29, 1.82) is 0 Å². The van der Waals surface area contributed by atoms with Gasteiger partial charge in [0, 0.05) is 32.6 Å². The third-order valence-electron chi connectivity index (χ3n) is 4.80. The molecule has 24 heavy (non-hydrogen) atoms. The molecule has 7 heteroatoms. The summed E-state index contributed by atoms with van der Waals surface area (Å²) in [5.41, 5.74) is -0.850. The van der Waals surface area contributed by atoms with Crippen LogP contribution in [0.2, 0.25) is 0 Å². The fraction of sp³-hybridized carbons (Fsp3) is 0.647. The standard InChI is InChI=1S/C17H22F3N3O/c1-22(16(24)13-5-6-13)11-12-7-9-23(10-8-12)15-4-2-3-14(21-15)17(18,19)20/h2-4,12-13H,5-11H2,1H3. The summed E-state index contributed by atoms with van der Waals surface area (Å²) in [4.78, 5) is 19.5. The zero-order chi connectivity index (χ0) is 17.3. The van der Waals surface area contributed by atoms with Gasteiger partial charge < -0.3 is 9.80 Å². The van der Waals surface area contributed by atoms with Gasteiger partial charge in [0.25, 0.3) is 0 Å². The van der Waals surface area contributed by atoms with Crippen molar-refractivity contribution in [3.05, 3.63) is 23.9 Å². The number of carbonyl (C=O) groups is 1. The fourth-order valence-corrected chi connectivity index (χ4v) is 3.22. The lowest BCUT2D eigenvalue weighted by molar-refractivity contribution is -0.141. The number of nitrogens with zero attached hydrogens (tertiary/aromatic N) is 3. The first-order chi connectivity index (χ1) is 11.3. The third kappa shape index (κ3) is 3.99. The van der Waals surface area contributed by atoms with Crippen LogP contribution in [0.25, 0.3) is 0 Å². The van der Waals surface area contributed by atoms with Crippen molar-refractivity contribution < 1.29 is 18.0 Å². The van der Waals surface area contributed by atoms with Gasteiger partial charge in [-0.05, 0) is 43.7 Å². The molecule has 2 fully saturated rings. The molecule has 0 atom stereocenters. The van der Waals surface area contributed by atoms with Gasteiger partial charge in [-0.2, -0.15) is 13.2 Å². The van der Waals surface area contributed by atoms with Crippen LogP contribution in [0.5, 0.6) is 0 Å². The van der Waals surface area contributed by atoms with Crippen LogP contribution in [0.15, 0.2) is 18.2 Å². The lowest BCUT2D eigenvalue weighted by Gasteiger charge is -2.34. The Bertz CT molecular complexity index is 593. The molecule has 0 radical (unpaired) electrons. The summed E-state index contributed by atoms with van der Waals surface area (Å²) in [7, 11) is 1.85. The van der Waals surface area contributed by atoms with Crippen molar-refractivity contribution in [2.75, 3.05) is 31.6 Å². The highest BCUT2D eigenvalue weighted by molar-refractivity contribution is 5.80. The summed E-state index contributed by atoms with van der Waals surface area (Å²) in [6.45, 7) is 2.08. The Kier molecular flexibility index (Phi) is 4.69. The minimum absolute atomic E-state index is 0.226. The Morgan fingerprint density at radius 1 is 1.25 bits per heavy atom. The van der Waals surface area contributed by atoms with Gasteiger partial charge in [-0.3, -0.25) is 4.79 Å². The molecule has 3 rings (SSSR count). The van der Waals surface area contributed by atoms with Crippen LogP contribution in [0, 0.1) is 11.8 Å². The number of amides is 1. The molecule has 0 N–H and O–H groups in total. The van der Waals surface area contributed by atoms with Crippen LogP contribution in [0.4, 0.5) is 19.0 Å². The van der Waals surface area contributed by atoms with E-state index in [0.717, 1.165) is 38.3 Å². The Morgan fingerprint density at radius 3 is 2.50 bits per heavy atom. The lowest BCUT2D eigenvalue weighted by Crippen LogP contribution is -2.40. The van der Waals surface area contributed by atoms with E-state index in [1.807, 2.05) is 16.8 Å². The molecule has 0 aromatic carbocycles. The molecular weight excluding hydrogens is 319 g/mol. The number of pyridine rings is 1. The average molecular weight is 341 g/mol. The van der Waals surface area contributed by atoms with Crippen LogP contribution in [-0.4, -0.2) is 42.5 Å². The second-order valence-corrected chi connectivity index (χ2v) is 6.80. The van der Waals surface area contributed by atoms with Crippen molar-refractivity contribution in [3.63, 3.8) is 0 Å². The molecule has 0 bridgehead atoms. The molecule has 0 unspecified atom stereocenters. The number of carbonyl (C=O) groups excluding carboxylic acids is 1. The van der Waals surface area contributed by atoms with Gasteiger partial charge in [0.05, 0.1) is 0 Å². The van der Waals surface area contributed by atoms with Gasteiger partial charge in [0.15, 0.2) is 0 Å². The normalized spacial score (nSPS) is 19.4. The van der Waals surface area contributed by atoms with Crippen molar-refractivity contribution in [1.82, 2.24) is 9.88 Å². The number of rotatable bonds is 4. The van der Waals surface area contributed by atoms with Gasteiger partial charge >= 0.3 is 6.18 Å². The molecule has 4 nitrogen and oxygen atoms in total. The first-order valence-corrected chi connectivity index (χ1v) is 8.39. The Hall–Kier alpha value is -1.79. The smallest absolute Gasteiger partial charge is 0.357 e. The average Bonchev–Trinajstić information content (AvgIpc) is 3.39. The minimum atomic E-state index is -4.42. The minimum Gasteiger partial charge on any atom is -0.357 e. The lowest BCUT2D eigenvalue weighted by atomic mass is 9.96. The number of aromatic nitrogens is 1. The molecule has 1 saturated carbocycles. The Labute approximate surface area is 139 Å². The molecule has 1 aliphatic carbocycles. The highest BCUT2D eigenvalue weighted by atomic mass is 19.4. The molecule has 1 aromatic rings. The second kappa shape index (κ2) is 6.61. The van der Waals surface area contributed by atoms with E-state index in [2.05, 4.69) is 4.98 Å². The van der Waals surface area contributed by atoms with E-state index < -0.39 is 11.9 Å². The van der Waals surface area contributed by atoms with Gasteiger partial charge in [-0.1, -0.05) is 6.07 Å². The van der Waals surface area contributed by atoms with Crippen LogP contribution in [0.1, 0.15) is 31.4 Å². The van der Waals surface area contributed by atoms with Gasteiger partial charge in [0.1, 0.15) is 11.5 Å². The Balaban J connectivity index is 1.54. The van der Waals surface area contributed by atoms with Crippen LogP contribution in [-0.2, 0) is 11.0 Å². The van der Waals surface area contributed by atoms with E-state index in [9.17, 15) is 18.0 Å². The second-order valence-electron chi connectivity index (χ2n) is 6.80. The highest BCUT2D eigenvalue weighted by Crippen LogP contribution is 2.32. The van der Waals surface area contributed by atoms with Gasteiger partial charge in [0.2, 0.25) is 5.91 Å². The molecule has 1 saturated heterocycles. The Morgan fingerprint density at radius 2 is 1.92 bits per heavy atom. The molecule has 132 valence electrons. The number of halogens is 3. The maximum absolute atomic E-state index is 12.8. The summed E-state index contributed by atoms with van der Waals surface area (Å²) in [5.74, 6) is 1.24. The van der Waals surface area contributed by atoms with E-state index >= 15 is 0 Å². The van der Waals surface area contributed by atoms with E-state index in [4.69, 9.17) is 0 Å². The van der Waals surface area contributed by atoms with E-state index in [1.54, 1.807) is 6.07 Å². The molecule has 0 spiro atoms. The number of hydrogen-bond acceptors (Lipinski definition) is 3. The molecule has 1 amide bonds. The summed E-state index contributed by atoms with van der Waals surface area (Å²) < 4.78 is 38.3. The third-order valence-corrected chi connectivity index (χ3v) is 4.80. The predicted octanol–water partition coefficient (Wildman–Crippen LogP) is 3.19. The topological polar surface area (TPSA) is 36.4 Å². The number of alkyl halides is 3. The molecule has 2 aliphatic rings.